The van der Waals surface area contributed by atoms with Crippen LogP contribution in [0.3, 0.4) is 0 Å². The van der Waals surface area contributed by atoms with Gasteiger partial charge in [-0.1, -0.05) is 11.3 Å². The number of hydrogen-bond donors (Lipinski definition) is 0. The average Bonchev–Trinajstić information content (AvgIpc) is 3.11. The lowest BCUT2D eigenvalue weighted by molar-refractivity contribution is -0.143. The predicted octanol–water partition coefficient (Wildman–Crippen LogP) is 4.25. The molecule has 8 heteroatoms. The SMILES string of the molecule is CCOC(=O)Cn1c(=NC(=O)c2ccc(N(CC)CC)cc2)sc2cc(OCC)ccc21. The molecule has 1 amide bonds. The number of carbonyl (C=O) groups is 2. The zero-order chi connectivity index (χ0) is 23.1. The van der Waals surface area contributed by atoms with E-state index in [4.69, 9.17) is 9.47 Å². The van der Waals surface area contributed by atoms with Gasteiger partial charge in [0.2, 0.25) is 0 Å². The molecule has 0 saturated carbocycles. The van der Waals surface area contributed by atoms with Crippen molar-refractivity contribution in [2.45, 2.75) is 34.2 Å². The highest BCUT2D eigenvalue weighted by Gasteiger charge is 2.14. The number of thiazole rings is 1. The topological polar surface area (TPSA) is 73.1 Å². The number of carbonyl (C=O) groups excluding carboxylic acids is 2. The molecule has 0 spiro atoms. The molecule has 0 radical (unpaired) electrons. The molecular formula is C24H29N3O4S. The van der Waals surface area contributed by atoms with Crippen molar-refractivity contribution in [3.8, 4) is 5.75 Å². The third-order valence-electron chi connectivity index (χ3n) is 5.00. The number of esters is 1. The Morgan fingerprint density at radius 3 is 2.34 bits per heavy atom. The summed E-state index contributed by atoms with van der Waals surface area (Å²) in [5.74, 6) is -0.00162. The molecule has 3 rings (SSSR count). The first kappa shape index (κ1) is 23.5. The zero-order valence-corrected chi connectivity index (χ0v) is 19.8. The Hall–Kier alpha value is -3.13. The summed E-state index contributed by atoms with van der Waals surface area (Å²) in [7, 11) is 0. The van der Waals surface area contributed by atoms with E-state index in [0.717, 1.165) is 34.7 Å². The molecule has 0 unspecified atom stereocenters. The molecule has 0 aliphatic carbocycles. The summed E-state index contributed by atoms with van der Waals surface area (Å²) in [6, 6.07) is 13.1. The molecular weight excluding hydrogens is 426 g/mol. The first-order chi connectivity index (χ1) is 15.5. The highest BCUT2D eigenvalue weighted by Crippen LogP contribution is 2.24. The smallest absolute Gasteiger partial charge is 0.326 e. The second-order valence-corrected chi connectivity index (χ2v) is 7.98. The molecule has 0 N–H and O–H groups in total. The number of nitrogens with zero attached hydrogens (tertiary/aromatic N) is 3. The first-order valence-electron chi connectivity index (χ1n) is 10.9. The van der Waals surface area contributed by atoms with Crippen molar-refractivity contribution in [3.05, 3.63) is 52.8 Å². The fourth-order valence-corrected chi connectivity index (χ4v) is 4.50. The highest BCUT2D eigenvalue weighted by atomic mass is 32.1. The van der Waals surface area contributed by atoms with Gasteiger partial charge in [-0.15, -0.1) is 0 Å². The van der Waals surface area contributed by atoms with Gasteiger partial charge in [-0.2, -0.15) is 4.99 Å². The van der Waals surface area contributed by atoms with E-state index in [9.17, 15) is 9.59 Å². The van der Waals surface area contributed by atoms with Crippen molar-refractivity contribution >= 4 is 39.1 Å². The van der Waals surface area contributed by atoms with Crippen molar-refractivity contribution in [2.75, 3.05) is 31.2 Å². The maximum absolute atomic E-state index is 12.9. The van der Waals surface area contributed by atoms with Gasteiger partial charge in [0, 0.05) is 24.3 Å². The van der Waals surface area contributed by atoms with Gasteiger partial charge in [-0.3, -0.25) is 9.59 Å². The summed E-state index contributed by atoms with van der Waals surface area (Å²) in [4.78, 5) is 32.1. The molecule has 2 aromatic carbocycles. The van der Waals surface area contributed by atoms with E-state index >= 15 is 0 Å². The van der Waals surface area contributed by atoms with E-state index in [-0.39, 0.29) is 18.4 Å². The third-order valence-corrected chi connectivity index (χ3v) is 6.04. The molecule has 0 aliphatic heterocycles. The molecule has 3 aromatic rings. The second kappa shape index (κ2) is 10.9. The molecule has 0 saturated heterocycles. The number of hydrogen-bond acceptors (Lipinski definition) is 6. The summed E-state index contributed by atoms with van der Waals surface area (Å²) >= 11 is 1.34. The van der Waals surface area contributed by atoms with Crippen LogP contribution in [-0.4, -0.2) is 42.7 Å². The summed E-state index contributed by atoms with van der Waals surface area (Å²) in [5.41, 5.74) is 2.36. The largest absolute Gasteiger partial charge is 0.494 e. The van der Waals surface area contributed by atoms with Crippen LogP contribution in [0.25, 0.3) is 10.2 Å². The Labute approximate surface area is 191 Å². The van der Waals surface area contributed by atoms with Crippen LogP contribution in [0.15, 0.2) is 47.5 Å². The van der Waals surface area contributed by atoms with Gasteiger partial charge in [-0.05, 0) is 70.2 Å². The normalized spacial score (nSPS) is 11.6. The number of rotatable bonds is 9. The molecule has 170 valence electrons. The van der Waals surface area contributed by atoms with Gasteiger partial charge in [0.1, 0.15) is 12.3 Å². The average molecular weight is 456 g/mol. The van der Waals surface area contributed by atoms with Crippen LogP contribution in [0.4, 0.5) is 5.69 Å². The fourth-order valence-electron chi connectivity index (χ4n) is 3.44. The molecule has 32 heavy (non-hydrogen) atoms. The van der Waals surface area contributed by atoms with Crippen molar-refractivity contribution in [2.24, 2.45) is 4.99 Å². The number of fused-ring (bicyclic) bond motifs is 1. The molecule has 1 aromatic heterocycles. The van der Waals surface area contributed by atoms with Crippen molar-refractivity contribution < 1.29 is 19.1 Å². The molecule has 1 heterocycles. The van der Waals surface area contributed by atoms with Crippen molar-refractivity contribution in [1.82, 2.24) is 4.57 Å². The van der Waals surface area contributed by atoms with Crippen molar-refractivity contribution in [3.63, 3.8) is 0 Å². The highest BCUT2D eigenvalue weighted by molar-refractivity contribution is 7.16. The Kier molecular flexibility index (Phi) is 8.05. The van der Waals surface area contributed by atoms with E-state index in [1.165, 1.54) is 11.3 Å². The Bertz CT molecular complexity index is 1140. The fraction of sp³-hybridized carbons (Fsp3) is 0.375. The summed E-state index contributed by atoms with van der Waals surface area (Å²) in [6.45, 7) is 10.5. The molecule has 7 nitrogen and oxygen atoms in total. The molecule has 0 atom stereocenters. The minimum absolute atomic E-state index is 0.0190. The van der Waals surface area contributed by atoms with E-state index in [0.29, 0.717) is 23.6 Å². The second-order valence-electron chi connectivity index (χ2n) is 6.97. The van der Waals surface area contributed by atoms with Crippen LogP contribution in [0.1, 0.15) is 38.1 Å². The lowest BCUT2D eigenvalue weighted by atomic mass is 10.2. The Morgan fingerprint density at radius 2 is 1.72 bits per heavy atom. The van der Waals surface area contributed by atoms with Crippen LogP contribution < -0.4 is 14.4 Å². The number of amides is 1. The van der Waals surface area contributed by atoms with Crippen LogP contribution in [0.5, 0.6) is 5.75 Å². The van der Waals surface area contributed by atoms with Crippen LogP contribution in [0.2, 0.25) is 0 Å². The van der Waals surface area contributed by atoms with E-state index in [1.807, 2.05) is 37.3 Å². The van der Waals surface area contributed by atoms with Gasteiger partial charge in [-0.25, -0.2) is 0 Å². The Morgan fingerprint density at radius 1 is 1.00 bits per heavy atom. The van der Waals surface area contributed by atoms with Gasteiger partial charge in [0.15, 0.2) is 4.80 Å². The van der Waals surface area contributed by atoms with E-state index in [1.54, 1.807) is 23.6 Å². The number of ether oxygens (including phenoxy) is 2. The summed E-state index contributed by atoms with van der Waals surface area (Å²) < 4.78 is 13.3. The number of anilines is 1. The monoisotopic (exact) mass is 455 g/mol. The lowest BCUT2D eigenvalue weighted by Gasteiger charge is -2.20. The van der Waals surface area contributed by atoms with Crippen LogP contribution in [-0.2, 0) is 16.1 Å². The minimum Gasteiger partial charge on any atom is -0.494 e. The molecule has 0 fully saturated rings. The lowest BCUT2D eigenvalue weighted by Crippen LogP contribution is -2.23. The Balaban J connectivity index is 2.01. The first-order valence-corrected chi connectivity index (χ1v) is 11.7. The van der Waals surface area contributed by atoms with E-state index in [2.05, 4.69) is 23.7 Å². The summed E-state index contributed by atoms with van der Waals surface area (Å²) in [5, 5.41) is 0. The molecule has 0 bridgehead atoms. The predicted molar refractivity (Wildman–Crippen MR) is 128 cm³/mol. The minimum atomic E-state index is -0.376. The standard InChI is InChI=1S/C24H29N3O4S/c1-5-26(6-2)18-11-9-17(10-12-18)23(29)25-24-27(16-22(28)31-8-4)20-14-13-19(30-7-3)15-21(20)32-24/h9-15H,5-8,16H2,1-4H3. The maximum Gasteiger partial charge on any atom is 0.326 e. The van der Waals surface area contributed by atoms with Crippen LogP contribution in [0, 0.1) is 0 Å². The van der Waals surface area contributed by atoms with E-state index < -0.39 is 0 Å². The quantitative estimate of drug-likeness (QED) is 0.451. The zero-order valence-electron chi connectivity index (χ0n) is 19.0. The molecule has 0 aliphatic rings. The number of benzene rings is 2. The van der Waals surface area contributed by atoms with Gasteiger partial charge in [0.05, 0.1) is 23.4 Å². The van der Waals surface area contributed by atoms with Gasteiger partial charge >= 0.3 is 5.97 Å². The van der Waals surface area contributed by atoms with Gasteiger partial charge < -0.3 is 18.9 Å². The summed E-state index contributed by atoms with van der Waals surface area (Å²) in [6.07, 6.45) is 0. The van der Waals surface area contributed by atoms with Crippen LogP contribution >= 0.6 is 11.3 Å². The third kappa shape index (κ3) is 5.37. The van der Waals surface area contributed by atoms with Crippen molar-refractivity contribution in [1.29, 1.82) is 0 Å². The maximum atomic E-state index is 12.9. The van der Waals surface area contributed by atoms with Gasteiger partial charge in [0.25, 0.3) is 5.91 Å². The number of aromatic nitrogens is 1.